The molecule has 0 saturated carbocycles. The van der Waals surface area contributed by atoms with Crippen LogP contribution < -0.4 is 5.32 Å². The van der Waals surface area contributed by atoms with Crippen LogP contribution in [0.2, 0.25) is 0 Å². The van der Waals surface area contributed by atoms with Gasteiger partial charge in [0.25, 0.3) is 0 Å². The first-order valence-corrected chi connectivity index (χ1v) is 4.78. The molecule has 72 valence electrons. The highest BCUT2D eigenvalue weighted by molar-refractivity contribution is 5.14. The van der Waals surface area contributed by atoms with Crippen LogP contribution in [0.3, 0.4) is 0 Å². The number of allylic oxidation sites excluding steroid dienone is 2. The van der Waals surface area contributed by atoms with Gasteiger partial charge in [0, 0.05) is 12.2 Å². The highest BCUT2D eigenvalue weighted by Crippen LogP contribution is 1.99. The zero-order chi connectivity index (χ0) is 9.98. The Bertz CT molecular complexity index is 123. The van der Waals surface area contributed by atoms with E-state index >= 15 is 0 Å². The SMILES string of the molecule is C=C/C(=C\C(C)C)NCC.CC. The van der Waals surface area contributed by atoms with Crippen molar-refractivity contribution < 1.29 is 0 Å². The lowest BCUT2D eigenvalue weighted by atomic mass is 10.2. The molecule has 0 heterocycles. The van der Waals surface area contributed by atoms with Crippen molar-refractivity contribution >= 4 is 0 Å². The summed E-state index contributed by atoms with van der Waals surface area (Å²) in [6, 6.07) is 0. The molecular formula is C11H23N. The monoisotopic (exact) mass is 169 g/mol. The van der Waals surface area contributed by atoms with Crippen LogP contribution in [0.4, 0.5) is 0 Å². The number of rotatable bonds is 4. The van der Waals surface area contributed by atoms with Gasteiger partial charge in [-0.15, -0.1) is 0 Å². The Balaban J connectivity index is 0. The largest absolute Gasteiger partial charge is 0.386 e. The summed E-state index contributed by atoms with van der Waals surface area (Å²) in [5, 5.41) is 3.21. The fourth-order valence-corrected chi connectivity index (χ4v) is 0.762. The van der Waals surface area contributed by atoms with Crippen molar-refractivity contribution in [2.75, 3.05) is 6.54 Å². The fraction of sp³-hybridized carbons (Fsp3) is 0.636. The van der Waals surface area contributed by atoms with Crippen molar-refractivity contribution in [1.82, 2.24) is 5.32 Å². The first kappa shape index (κ1) is 13.8. The fourth-order valence-electron chi connectivity index (χ4n) is 0.762. The maximum absolute atomic E-state index is 3.70. The number of nitrogens with one attached hydrogen (secondary N) is 1. The molecule has 1 heteroatoms. The van der Waals surface area contributed by atoms with Gasteiger partial charge in [-0.1, -0.05) is 40.3 Å². The molecular weight excluding hydrogens is 146 g/mol. The summed E-state index contributed by atoms with van der Waals surface area (Å²) >= 11 is 0. The molecule has 0 radical (unpaired) electrons. The van der Waals surface area contributed by atoms with Crippen molar-refractivity contribution in [3.8, 4) is 0 Å². The molecule has 0 spiro atoms. The lowest BCUT2D eigenvalue weighted by molar-refractivity contribution is 0.791. The van der Waals surface area contributed by atoms with Gasteiger partial charge in [-0.05, 0) is 18.9 Å². The quantitative estimate of drug-likeness (QED) is 0.636. The standard InChI is InChI=1S/C9H17N.C2H6/c1-5-9(10-6-2)7-8(3)4;1-2/h5,7-8,10H,1,6H2,2-4H3;1-2H3/b9-7+;. The Labute approximate surface area is 77.6 Å². The summed E-state index contributed by atoms with van der Waals surface area (Å²) in [5.74, 6) is 0.590. The second-order valence-corrected chi connectivity index (χ2v) is 2.60. The molecule has 1 N–H and O–H groups in total. The van der Waals surface area contributed by atoms with Gasteiger partial charge in [-0.25, -0.2) is 0 Å². The van der Waals surface area contributed by atoms with Crippen LogP contribution in [-0.4, -0.2) is 6.54 Å². The molecule has 0 aliphatic carbocycles. The van der Waals surface area contributed by atoms with Gasteiger partial charge in [-0.2, -0.15) is 0 Å². The smallest absolute Gasteiger partial charge is 0.0296 e. The molecule has 0 bridgehead atoms. The van der Waals surface area contributed by atoms with Crippen molar-refractivity contribution in [1.29, 1.82) is 0 Å². The summed E-state index contributed by atoms with van der Waals surface area (Å²) in [4.78, 5) is 0. The number of hydrogen-bond acceptors (Lipinski definition) is 1. The molecule has 0 aliphatic rings. The minimum Gasteiger partial charge on any atom is -0.386 e. The molecule has 0 saturated heterocycles. The van der Waals surface area contributed by atoms with Crippen LogP contribution in [0.5, 0.6) is 0 Å². The second-order valence-electron chi connectivity index (χ2n) is 2.60. The first-order valence-electron chi connectivity index (χ1n) is 4.78. The molecule has 0 amide bonds. The van der Waals surface area contributed by atoms with E-state index in [0.717, 1.165) is 12.2 Å². The van der Waals surface area contributed by atoms with Gasteiger partial charge < -0.3 is 5.32 Å². The van der Waals surface area contributed by atoms with E-state index in [-0.39, 0.29) is 0 Å². The van der Waals surface area contributed by atoms with Crippen molar-refractivity contribution in [3.63, 3.8) is 0 Å². The summed E-state index contributed by atoms with van der Waals surface area (Å²) < 4.78 is 0. The molecule has 0 aliphatic heterocycles. The highest BCUT2D eigenvalue weighted by Gasteiger charge is 1.89. The molecule has 0 fully saturated rings. The van der Waals surface area contributed by atoms with Crippen LogP contribution in [0.1, 0.15) is 34.6 Å². The van der Waals surface area contributed by atoms with Crippen molar-refractivity contribution in [2.45, 2.75) is 34.6 Å². The lowest BCUT2D eigenvalue weighted by Crippen LogP contribution is -2.10. The van der Waals surface area contributed by atoms with Crippen LogP contribution in [0.15, 0.2) is 24.4 Å². The van der Waals surface area contributed by atoms with Gasteiger partial charge in [0.15, 0.2) is 0 Å². The first-order chi connectivity index (χ1) is 5.70. The molecule has 1 nitrogen and oxygen atoms in total. The van der Waals surface area contributed by atoms with Crippen LogP contribution in [0, 0.1) is 5.92 Å². The van der Waals surface area contributed by atoms with Crippen LogP contribution in [-0.2, 0) is 0 Å². The summed E-state index contributed by atoms with van der Waals surface area (Å²) in [5.41, 5.74) is 1.14. The summed E-state index contributed by atoms with van der Waals surface area (Å²) in [7, 11) is 0. The van der Waals surface area contributed by atoms with Crippen molar-refractivity contribution in [2.24, 2.45) is 5.92 Å². The maximum Gasteiger partial charge on any atom is 0.0296 e. The zero-order valence-electron chi connectivity index (χ0n) is 9.15. The Morgan fingerprint density at radius 2 is 1.92 bits per heavy atom. The van der Waals surface area contributed by atoms with E-state index in [9.17, 15) is 0 Å². The van der Waals surface area contributed by atoms with E-state index in [2.05, 4.69) is 38.7 Å². The summed E-state index contributed by atoms with van der Waals surface area (Å²) in [6.07, 6.45) is 4.01. The number of likely N-dealkylation sites (N-methyl/N-ethyl adjacent to an activating group) is 1. The molecule has 0 aromatic heterocycles. The third kappa shape index (κ3) is 9.28. The Kier molecular flexibility index (Phi) is 11.9. The van der Waals surface area contributed by atoms with Crippen LogP contribution >= 0.6 is 0 Å². The molecule has 0 aromatic rings. The van der Waals surface area contributed by atoms with E-state index in [1.165, 1.54) is 0 Å². The van der Waals surface area contributed by atoms with Crippen molar-refractivity contribution in [3.05, 3.63) is 24.4 Å². The minimum atomic E-state index is 0.590. The molecule has 12 heavy (non-hydrogen) atoms. The number of hydrogen-bond donors (Lipinski definition) is 1. The van der Waals surface area contributed by atoms with E-state index in [4.69, 9.17) is 0 Å². The molecule has 0 unspecified atom stereocenters. The van der Waals surface area contributed by atoms with Gasteiger partial charge in [0.2, 0.25) is 0 Å². The van der Waals surface area contributed by atoms with Crippen LogP contribution in [0.25, 0.3) is 0 Å². The summed E-state index contributed by atoms with van der Waals surface area (Å²) in [6.45, 7) is 15.1. The van der Waals surface area contributed by atoms with Gasteiger partial charge in [-0.3, -0.25) is 0 Å². The van der Waals surface area contributed by atoms with E-state index in [1.807, 2.05) is 19.9 Å². The average Bonchev–Trinajstić information content (AvgIpc) is 2.07. The van der Waals surface area contributed by atoms with E-state index < -0.39 is 0 Å². The van der Waals surface area contributed by atoms with Gasteiger partial charge >= 0.3 is 0 Å². The van der Waals surface area contributed by atoms with Gasteiger partial charge in [0.1, 0.15) is 0 Å². The average molecular weight is 169 g/mol. The Morgan fingerprint density at radius 3 is 2.17 bits per heavy atom. The Morgan fingerprint density at radius 1 is 1.42 bits per heavy atom. The predicted octanol–water partition coefficient (Wildman–Crippen LogP) is 3.35. The lowest BCUT2D eigenvalue weighted by Gasteiger charge is -2.04. The van der Waals surface area contributed by atoms with Gasteiger partial charge in [0.05, 0.1) is 0 Å². The Hall–Kier alpha value is -0.720. The third-order valence-electron chi connectivity index (χ3n) is 1.11. The van der Waals surface area contributed by atoms with E-state index in [1.54, 1.807) is 0 Å². The molecule has 0 rings (SSSR count). The van der Waals surface area contributed by atoms with E-state index in [0.29, 0.717) is 5.92 Å². The molecule has 0 aromatic carbocycles. The third-order valence-corrected chi connectivity index (χ3v) is 1.11. The topological polar surface area (TPSA) is 12.0 Å². The molecule has 0 atom stereocenters. The normalized spacial score (nSPS) is 10.3. The minimum absolute atomic E-state index is 0.590. The predicted molar refractivity (Wildman–Crippen MR) is 58.1 cm³/mol. The highest BCUT2D eigenvalue weighted by atomic mass is 14.9. The maximum atomic E-state index is 3.70. The second kappa shape index (κ2) is 10.3. The zero-order valence-corrected chi connectivity index (χ0v) is 9.15.